The predicted molar refractivity (Wildman–Crippen MR) is 136 cm³/mol. The van der Waals surface area contributed by atoms with Gasteiger partial charge in [-0.15, -0.1) is 0 Å². The summed E-state index contributed by atoms with van der Waals surface area (Å²) in [5.41, 5.74) is 1.33. The molecule has 2 aromatic carbocycles. The van der Waals surface area contributed by atoms with E-state index in [1.165, 1.54) is 10.4 Å². The van der Waals surface area contributed by atoms with Gasteiger partial charge in [-0.3, -0.25) is 9.59 Å². The SMILES string of the molecule is CC(C)CNC(=O)c1ccccc1NC(=O)C1CCN(S(=O)(=O)Cc2ccc(Cl)cc2Cl)CC1. The van der Waals surface area contributed by atoms with Gasteiger partial charge in [0.25, 0.3) is 5.91 Å². The summed E-state index contributed by atoms with van der Waals surface area (Å²) in [5, 5.41) is 6.47. The lowest BCUT2D eigenvalue weighted by molar-refractivity contribution is -0.120. The molecule has 1 saturated heterocycles. The summed E-state index contributed by atoms with van der Waals surface area (Å²) in [7, 11) is -3.59. The van der Waals surface area contributed by atoms with E-state index in [0.29, 0.717) is 52.2 Å². The van der Waals surface area contributed by atoms with Gasteiger partial charge in [-0.1, -0.05) is 55.2 Å². The third-order valence-corrected chi connectivity index (χ3v) is 8.09. The van der Waals surface area contributed by atoms with E-state index < -0.39 is 10.0 Å². The Balaban J connectivity index is 1.59. The zero-order chi connectivity index (χ0) is 24.9. The van der Waals surface area contributed by atoms with E-state index >= 15 is 0 Å². The minimum atomic E-state index is -3.59. The Morgan fingerprint density at radius 2 is 1.76 bits per heavy atom. The van der Waals surface area contributed by atoms with Crippen molar-refractivity contribution in [3.8, 4) is 0 Å². The van der Waals surface area contributed by atoms with Gasteiger partial charge in [-0.25, -0.2) is 12.7 Å². The first-order chi connectivity index (χ1) is 16.1. The molecule has 1 fully saturated rings. The van der Waals surface area contributed by atoms with Crippen LogP contribution in [-0.2, 0) is 20.6 Å². The Morgan fingerprint density at radius 3 is 2.41 bits per heavy atom. The molecule has 184 valence electrons. The first-order valence-corrected chi connectivity index (χ1v) is 13.5. The fraction of sp³-hybridized carbons (Fsp3) is 0.417. The zero-order valence-electron chi connectivity index (χ0n) is 19.2. The van der Waals surface area contributed by atoms with Crippen LogP contribution in [0.25, 0.3) is 0 Å². The molecular formula is C24H29Cl2N3O4S. The number of hydrogen-bond donors (Lipinski definition) is 2. The smallest absolute Gasteiger partial charge is 0.253 e. The van der Waals surface area contributed by atoms with Crippen LogP contribution in [0.2, 0.25) is 10.0 Å². The lowest BCUT2D eigenvalue weighted by Gasteiger charge is -2.30. The maximum atomic E-state index is 12.9. The number of nitrogens with one attached hydrogen (secondary N) is 2. The second kappa shape index (κ2) is 11.5. The van der Waals surface area contributed by atoms with E-state index in [-0.39, 0.29) is 36.6 Å². The van der Waals surface area contributed by atoms with Crippen LogP contribution in [-0.4, -0.2) is 44.2 Å². The number of halogens is 2. The van der Waals surface area contributed by atoms with Crippen molar-refractivity contribution >= 4 is 50.7 Å². The number of benzene rings is 2. The molecule has 0 unspecified atom stereocenters. The molecule has 3 rings (SSSR count). The van der Waals surface area contributed by atoms with Crippen LogP contribution >= 0.6 is 23.2 Å². The highest BCUT2D eigenvalue weighted by Gasteiger charge is 2.32. The summed E-state index contributed by atoms with van der Waals surface area (Å²) in [6.07, 6.45) is 0.780. The average molecular weight is 526 g/mol. The minimum absolute atomic E-state index is 0.220. The molecule has 10 heteroatoms. The van der Waals surface area contributed by atoms with Crippen molar-refractivity contribution in [1.29, 1.82) is 0 Å². The summed E-state index contributed by atoms with van der Waals surface area (Å²) < 4.78 is 27.2. The molecule has 0 aromatic heterocycles. The molecule has 0 saturated carbocycles. The zero-order valence-corrected chi connectivity index (χ0v) is 21.5. The summed E-state index contributed by atoms with van der Waals surface area (Å²) >= 11 is 12.0. The highest BCUT2D eigenvalue weighted by atomic mass is 35.5. The van der Waals surface area contributed by atoms with Crippen LogP contribution in [0.4, 0.5) is 5.69 Å². The Kier molecular flexibility index (Phi) is 8.98. The molecule has 0 aliphatic carbocycles. The molecule has 7 nitrogen and oxygen atoms in total. The number of rotatable bonds is 8. The molecular weight excluding hydrogens is 497 g/mol. The molecule has 2 N–H and O–H groups in total. The molecule has 1 heterocycles. The predicted octanol–water partition coefficient (Wildman–Crippen LogP) is 4.56. The molecule has 0 atom stereocenters. The summed E-state index contributed by atoms with van der Waals surface area (Å²) in [4.78, 5) is 25.4. The maximum Gasteiger partial charge on any atom is 0.253 e. The quantitative estimate of drug-likeness (QED) is 0.527. The average Bonchev–Trinajstić information content (AvgIpc) is 2.79. The number of anilines is 1. The third kappa shape index (κ3) is 6.95. The van der Waals surface area contributed by atoms with Gasteiger partial charge in [-0.2, -0.15) is 0 Å². The van der Waals surface area contributed by atoms with Crippen LogP contribution in [0.1, 0.15) is 42.6 Å². The largest absolute Gasteiger partial charge is 0.352 e. The van der Waals surface area contributed by atoms with Gasteiger partial charge in [0.15, 0.2) is 0 Å². The van der Waals surface area contributed by atoms with Crippen LogP contribution in [0, 0.1) is 11.8 Å². The second-order valence-electron chi connectivity index (χ2n) is 8.80. The normalized spacial score (nSPS) is 15.3. The number of nitrogens with zero attached hydrogens (tertiary/aromatic N) is 1. The van der Waals surface area contributed by atoms with Gasteiger partial charge in [0.1, 0.15) is 0 Å². The van der Waals surface area contributed by atoms with Gasteiger partial charge >= 0.3 is 0 Å². The number of para-hydroxylation sites is 1. The molecule has 1 aliphatic rings. The molecule has 2 amide bonds. The van der Waals surface area contributed by atoms with Gasteiger partial charge in [0.2, 0.25) is 15.9 Å². The fourth-order valence-corrected chi connectivity index (χ4v) is 5.89. The number of piperidine rings is 1. The highest BCUT2D eigenvalue weighted by molar-refractivity contribution is 7.88. The number of carbonyl (C=O) groups excluding carboxylic acids is 2. The van der Waals surface area contributed by atoms with E-state index in [4.69, 9.17) is 23.2 Å². The van der Waals surface area contributed by atoms with Crippen LogP contribution < -0.4 is 10.6 Å². The van der Waals surface area contributed by atoms with Gasteiger partial charge in [-0.05, 0) is 48.6 Å². The summed E-state index contributed by atoms with van der Waals surface area (Å²) in [5.74, 6) is -0.729. The van der Waals surface area contributed by atoms with Crippen molar-refractivity contribution in [2.75, 3.05) is 25.0 Å². The van der Waals surface area contributed by atoms with E-state index in [0.717, 1.165) is 0 Å². The van der Waals surface area contributed by atoms with Crippen molar-refractivity contribution in [2.24, 2.45) is 11.8 Å². The summed E-state index contributed by atoms with van der Waals surface area (Å²) in [6, 6.07) is 11.6. The van der Waals surface area contributed by atoms with Crippen LogP contribution in [0.15, 0.2) is 42.5 Å². The Labute approximate surface area is 210 Å². The second-order valence-corrected chi connectivity index (χ2v) is 11.6. The van der Waals surface area contributed by atoms with Gasteiger partial charge in [0, 0.05) is 35.6 Å². The van der Waals surface area contributed by atoms with Gasteiger partial charge < -0.3 is 10.6 Å². The first-order valence-electron chi connectivity index (χ1n) is 11.2. The lowest BCUT2D eigenvalue weighted by Crippen LogP contribution is -2.42. The van der Waals surface area contributed by atoms with Crippen molar-refractivity contribution in [3.63, 3.8) is 0 Å². The topological polar surface area (TPSA) is 95.6 Å². The molecule has 0 bridgehead atoms. The molecule has 34 heavy (non-hydrogen) atoms. The number of hydrogen-bond acceptors (Lipinski definition) is 4. The number of sulfonamides is 1. The molecule has 2 aromatic rings. The molecule has 0 spiro atoms. The lowest BCUT2D eigenvalue weighted by atomic mass is 9.97. The monoisotopic (exact) mass is 525 g/mol. The van der Waals surface area contributed by atoms with Crippen LogP contribution in [0.5, 0.6) is 0 Å². The standard InChI is InChI=1S/C24H29Cl2N3O4S/c1-16(2)14-27-24(31)20-5-3-4-6-22(20)28-23(30)17-9-11-29(12-10-17)34(32,33)15-18-7-8-19(25)13-21(18)26/h3-8,13,16-17H,9-12,14-15H2,1-2H3,(H,27,31)(H,28,30). The Hall–Kier alpha value is -2.13. The molecule has 0 radical (unpaired) electrons. The van der Waals surface area contributed by atoms with Crippen molar-refractivity contribution in [2.45, 2.75) is 32.4 Å². The number of carbonyl (C=O) groups is 2. The Morgan fingerprint density at radius 1 is 1.09 bits per heavy atom. The first kappa shape index (κ1) is 26.5. The number of amides is 2. The third-order valence-electron chi connectivity index (χ3n) is 5.67. The van der Waals surface area contributed by atoms with Crippen molar-refractivity contribution in [1.82, 2.24) is 9.62 Å². The van der Waals surface area contributed by atoms with E-state index in [2.05, 4.69) is 10.6 Å². The van der Waals surface area contributed by atoms with Crippen molar-refractivity contribution < 1.29 is 18.0 Å². The van der Waals surface area contributed by atoms with Crippen LogP contribution in [0.3, 0.4) is 0 Å². The fourth-order valence-electron chi connectivity index (χ4n) is 3.74. The maximum absolute atomic E-state index is 12.9. The highest BCUT2D eigenvalue weighted by Crippen LogP contribution is 2.27. The minimum Gasteiger partial charge on any atom is -0.352 e. The van der Waals surface area contributed by atoms with E-state index in [9.17, 15) is 18.0 Å². The van der Waals surface area contributed by atoms with E-state index in [1.54, 1.807) is 36.4 Å². The Bertz CT molecular complexity index is 1150. The van der Waals surface area contributed by atoms with Gasteiger partial charge in [0.05, 0.1) is 17.0 Å². The summed E-state index contributed by atoms with van der Waals surface area (Å²) in [6.45, 7) is 5.02. The van der Waals surface area contributed by atoms with E-state index in [1.807, 2.05) is 13.8 Å². The molecule has 1 aliphatic heterocycles. The van der Waals surface area contributed by atoms with Crippen molar-refractivity contribution in [3.05, 3.63) is 63.6 Å².